The standard InChI is InChI=1S/C20H35N3O4S/c1-7-15-9-8-12-23(13-15)20(5,6)14-21-18(24)16-10-11-17(27-16)28(25,26)22-19(2,3)4/h10-11,15,22H,7-9,12-14H2,1-6H3,(H,21,24). The van der Waals surface area contributed by atoms with Gasteiger partial charge in [0, 0.05) is 24.2 Å². The fourth-order valence-corrected chi connectivity index (χ4v) is 4.84. The Kier molecular flexibility index (Phi) is 6.99. The van der Waals surface area contributed by atoms with E-state index in [0.717, 1.165) is 13.1 Å². The summed E-state index contributed by atoms with van der Waals surface area (Å²) in [7, 11) is -3.81. The third-order valence-electron chi connectivity index (χ3n) is 5.14. The van der Waals surface area contributed by atoms with Crippen molar-refractivity contribution in [2.45, 2.75) is 77.0 Å². The largest absolute Gasteiger partial charge is 0.438 e. The van der Waals surface area contributed by atoms with Gasteiger partial charge in [0.15, 0.2) is 5.76 Å². The molecule has 1 amide bonds. The van der Waals surface area contributed by atoms with E-state index in [4.69, 9.17) is 4.42 Å². The normalized spacial score (nSPS) is 19.6. The molecule has 1 fully saturated rings. The number of carbonyl (C=O) groups excluding carboxylic acids is 1. The van der Waals surface area contributed by atoms with Crippen LogP contribution in [-0.2, 0) is 10.0 Å². The van der Waals surface area contributed by atoms with Gasteiger partial charge in [0.2, 0.25) is 5.09 Å². The maximum atomic E-state index is 12.5. The zero-order chi connectivity index (χ0) is 21.2. The molecule has 0 radical (unpaired) electrons. The SMILES string of the molecule is CCC1CCCN(C(C)(C)CNC(=O)c2ccc(S(=O)(=O)NC(C)(C)C)o2)C1. The van der Waals surface area contributed by atoms with E-state index in [1.165, 1.54) is 31.4 Å². The highest BCUT2D eigenvalue weighted by atomic mass is 32.2. The molecule has 0 aromatic carbocycles. The molecule has 1 unspecified atom stereocenters. The highest BCUT2D eigenvalue weighted by Gasteiger charge is 2.32. The Hall–Kier alpha value is -1.38. The lowest BCUT2D eigenvalue weighted by Gasteiger charge is -2.43. The number of piperidine rings is 1. The number of rotatable bonds is 7. The monoisotopic (exact) mass is 413 g/mol. The lowest BCUT2D eigenvalue weighted by atomic mass is 9.91. The van der Waals surface area contributed by atoms with E-state index in [0.29, 0.717) is 12.5 Å². The minimum atomic E-state index is -3.81. The average Bonchev–Trinajstić information content (AvgIpc) is 3.09. The summed E-state index contributed by atoms with van der Waals surface area (Å²) in [6.07, 6.45) is 3.61. The minimum Gasteiger partial charge on any atom is -0.438 e. The van der Waals surface area contributed by atoms with Gasteiger partial charge in [-0.25, -0.2) is 13.1 Å². The van der Waals surface area contributed by atoms with Gasteiger partial charge in [0.1, 0.15) is 0 Å². The van der Waals surface area contributed by atoms with Gasteiger partial charge < -0.3 is 9.73 Å². The van der Waals surface area contributed by atoms with Crippen molar-refractivity contribution < 1.29 is 17.6 Å². The van der Waals surface area contributed by atoms with Crippen LogP contribution in [0.25, 0.3) is 0 Å². The molecule has 1 saturated heterocycles. The molecule has 2 heterocycles. The van der Waals surface area contributed by atoms with Crippen LogP contribution < -0.4 is 10.0 Å². The number of nitrogens with zero attached hydrogens (tertiary/aromatic N) is 1. The molecule has 160 valence electrons. The lowest BCUT2D eigenvalue weighted by molar-refractivity contribution is 0.0603. The molecular formula is C20H35N3O4S. The first-order chi connectivity index (χ1) is 12.8. The molecule has 0 spiro atoms. The summed E-state index contributed by atoms with van der Waals surface area (Å²) in [6.45, 7) is 14.2. The minimum absolute atomic E-state index is 0.00448. The third kappa shape index (κ3) is 6.06. The van der Waals surface area contributed by atoms with Crippen molar-refractivity contribution >= 4 is 15.9 Å². The molecule has 7 nitrogen and oxygen atoms in total. The molecule has 0 aliphatic carbocycles. The molecule has 1 atom stereocenters. The quantitative estimate of drug-likeness (QED) is 0.717. The number of likely N-dealkylation sites (tertiary alicyclic amines) is 1. The summed E-state index contributed by atoms with van der Waals surface area (Å²) >= 11 is 0. The van der Waals surface area contributed by atoms with Crippen LogP contribution in [0, 0.1) is 5.92 Å². The Morgan fingerprint density at radius 3 is 2.54 bits per heavy atom. The third-order valence-corrected chi connectivity index (χ3v) is 6.77. The molecular weight excluding hydrogens is 378 g/mol. The Balaban J connectivity index is 1.99. The highest BCUT2D eigenvalue weighted by Crippen LogP contribution is 2.25. The van der Waals surface area contributed by atoms with Crippen molar-refractivity contribution in [3.63, 3.8) is 0 Å². The molecule has 1 aliphatic rings. The smallest absolute Gasteiger partial charge is 0.287 e. The van der Waals surface area contributed by atoms with Crippen LogP contribution in [0.5, 0.6) is 0 Å². The molecule has 1 aromatic rings. The topological polar surface area (TPSA) is 91.7 Å². The fraction of sp³-hybridized carbons (Fsp3) is 0.750. The Labute approximate surface area is 169 Å². The predicted molar refractivity (Wildman–Crippen MR) is 110 cm³/mol. The van der Waals surface area contributed by atoms with Gasteiger partial charge >= 0.3 is 0 Å². The van der Waals surface area contributed by atoms with E-state index in [-0.39, 0.29) is 16.4 Å². The molecule has 1 aliphatic heterocycles. The van der Waals surface area contributed by atoms with E-state index in [1.807, 2.05) is 0 Å². The number of nitrogens with one attached hydrogen (secondary N) is 2. The second-order valence-corrected chi connectivity index (χ2v) is 10.9. The number of furan rings is 1. The zero-order valence-electron chi connectivity index (χ0n) is 18.0. The Bertz CT molecular complexity index is 778. The second-order valence-electron chi connectivity index (χ2n) is 9.33. The number of amides is 1. The first kappa shape index (κ1) is 22.9. The van der Waals surface area contributed by atoms with Crippen molar-refractivity contribution in [3.05, 3.63) is 17.9 Å². The fourth-order valence-electron chi connectivity index (χ4n) is 3.48. The summed E-state index contributed by atoms with van der Waals surface area (Å²) in [5.41, 5.74) is -0.818. The van der Waals surface area contributed by atoms with E-state index in [9.17, 15) is 13.2 Å². The van der Waals surface area contributed by atoms with Crippen LogP contribution in [0.4, 0.5) is 0 Å². The lowest BCUT2D eigenvalue weighted by Crippen LogP contribution is -2.54. The second kappa shape index (κ2) is 8.55. The number of hydrogen-bond acceptors (Lipinski definition) is 5. The highest BCUT2D eigenvalue weighted by molar-refractivity contribution is 7.89. The molecule has 2 rings (SSSR count). The van der Waals surface area contributed by atoms with Gasteiger partial charge in [-0.1, -0.05) is 13.3 Å². The van der Waals surface area contributed by atoms with Crippen molar-refractivity contribution in [1.82, 2.24) is 14.9 Å². The van der Waals surface area contributed by atoms with Crippen molar-refractivity contribution in [3.8, 4) is 0 Å². The van der Waals surface area contributed by atoms with Crippen LogP contribution in [0.2, 0.25) is 0 Å². The van der Waals surface area contributed by atoms with Crippen molar-refractivity contribution in [1.29, 1.82) is 0 Å². The maximum Gasteiger partial charge on any atom is 0.287 e. The number of sulfonamides is 1. The Morgan fingerprint density at radius 1 is 1.25 bits per heavy atom. The van der Waals surface area contributed by atoms with Crippen LogP contribution in [0.15, 0.2) is 21.6 Å². The molecule has 0 saturated carbocycles. The van der Waals surface area contributed by atoms with Gasteiger partial charge in [-0.2, -0.15) is 0 Å². The van der Waals surface area contributed by atoms with Crippen LogP contribution in [0.3, 0.4) is 0 Å². The number of carbonyl (C=O) groups is 1. The van der Waals surface area contributed by atoms with Crippen LogP contribution >= 0.6 is 0 Å². The predicted octanol–water partition coefficient (Wildman–Crippen LogP) is 2.99. The average molecular weight is 414 g/mol. The first-order valence-corrected chi connectivity index (χ1v) is 11.5. The summed E-state index contributed by atoms with van der Waals surface area (Å²) < 4.78 is 32.5. The van der Waals surface area contributed by atoms with E-state index < -0.39 is 21.5 Å². The van der Waals surface area contributed by atoms with E-state index in [1.54, 1.807) is 20.8 Å². The zero-order valence-corrected chi connectivity index (χ0v) is 18.8. The van der Waals surface area contributed by atoms with Crippen molar-refractivity contribution in [2.24, 2.45) is 5.92 Å². The van der Waals surface area contributed by atoms with Gasteiger partial charge in [-0.3, -0.25) is 9.69 Å². The summed E-state index contributed by atoms with van der Waals surface area (Å²) in [6, 6.07) is 2.71. The molecule has 1 aromatic heterocycles. The number of hydrogen-bond donors (Lipinski definition) is 2. The Morgan fingerprint density at radius 2 is 1.93 bits per heavy atom. The molecule has 0 bridgehead atoms. The summed E-state index contributed by atoms with van der Waals surface area (Å²) in [5, 5.41) is 2.64. The van der Waals surface area contributed by atoms with E-state index >= 15 is 0 Å². The maximum absolute atomic E-state index is 12.5. The first-order valence-electron chi connectivity index (χ1n) is 10.0. The van der Waals surface area contributed by atoms with E-state index in [2.05, 4.69) is 35.7 Å². The van der Waals surface area contributed by atoms with Gasteiger partial charge in [0.05, 0.1) is 0 Å². The summed E-state index contributed by atoms with van der Waals surface area (Å²) in [4.78, 5) is 14.9. The van der Waals surface area contributed by atoms with Crippen molar-refractivity contribution in [2.75, 3.05) is 19.6 Å². The van der Waals surface area contributed by atoms with Gasteiger partial charge in [0.25, 0.3) is 15.9 Å². The molecule has 28 heavy (non-hydrogen) atoms. The molecule has 8 heteroatoms. The molecule has 2 N–H and O–H groups in total. The van der Waals surface area contributed by atoms with Crippen LogP contribution in [-0.4, -0.2) is 49.9 Å². The van der Waals surface area contributed by atoms with Crippen LogP contribution in [0.1, 0.15) is 71.4 Å². The van der Waals surface area contributed by atoms with Gasteiger partial charge in [-0.05, 0) is 72.1 Å². The van der Waals surface area contributed by atoms with Gasteiger partial charge in [-0.15, -0.1) is 0 Å². The summed E-state index contributed by atoms with van der Waals surface area (Å²) in [5.74, 6) is 0.293.